The molecule has 7 nitrogen and oxygen atoms in total. The summed E-state index contributed by atoms with van der Waals surface area (Å²) in [5, 5.41) is 20.8. The lowest BCUT2D eigenvalue weighted by atomic mass is 9.45. The van der Waals surface area contributed by atoms with Crippen molar-refractivity contribution < 1.29 is 42.9 Å². The number of alkyl halides is 2. The van der Waals surface area contributed by atoms with Crippen LogP contribution < -0.4 is 4.74 Å². The Labute approximate surface area is 275 Å². The van der Waals surface area contributed by atoms with Crippen LogP contribution in [0, 0.1) is 28.6 Å². The number of halogens is 3. The quantitative estimate of drug-likeness (QED) is 0.303. The number of aliphatic hydroxyl groups excluding tert-OH is 1. The van der Waals surface area contributed by atoms with Gasteiger partial charge in [-0.15, -0.1) is 0 Å². The summed E-state index contributed by atoms with van der Waals surface area (Å²) in [5.74, 6) is -2.21. The lowest BCUT2D eigenvalue weighted by Gasteiger charge is -2.62. The van der Waals surface area contributed by atoms with Crippen LogP contribution in [0.5, 0.6) is 17.2 Å². The van der Waals surface area contributed by atoms with E-state index in [-0.39, 0.29) is 28.5 Å². The summed E-state index contributed by atoms with van der Waals surface area (Å²) < 4.78 is 43.4. The van der Waals surface area contributed by atoms with Crippen molar-refractivity contribution in [1.82, 2.24) is 0 Å². The minimum absolute atomic E-state index is 0.0946. The number of hydrogen-bond donors (Lipinski definition) is 2. The van der Waals surface area contributed by atoms with Crippen LogP contribution in [0.2, 0.25) is 5.02 Å². The SMILES string of the molecule is C[C@@H]1CC2C3CCC4=CC(=O)C=C[C@]4(C)C3(F)[C@@H](O)C[C@]2(C)[C@@]1(OC(=O)c1ccc(Oc2ccc(O)c(Cl)c2)cc1)C(=O)SCF. The molecule has 6 rings (SSSR count). The van der Waals surface area contributed by atoms with Crippen LogP contribution in [-0.2, 0) is 14.3 Å². The summed E-state index contributed by atoms with van der Waals surface area (Å²) in [5.41, 5.74) is -5.67. The highest BCUT2D eigenvalue weighted by atomic mass is 35.5. The Morgan fingerprint density at radius 3 is 2.48 bits per heavy atom. The molecule has 2 aromatic rings. The minimum Gasteiger partial charge on any atom is -0.506 e. The van der Waals surface area contributed by atoms with Gasteiger partial charge in [0.15, 0.2) is 17.1 Å². The monoisotopic (exact) mass is 672 g/mol. The van der Waals surface area contributed by atoms with Gasteiger partial charge in [-0.25, -0.2) is 13.6 Å². The largest absolute Gasteiger partial charge is 0.506 e. The molecular weight excluding hydrogens is 638 g/mol. The van der Waals surface area contributed by atoms with Crippen molar-refractivity contribution in [2.24, 2.45) is 28.6 Å². The topological polar surface area (TPSA) is 110 Å². The van der Waals surface area contributed by atoms with E-state index < -0.39 is 63.0 Å². The number of ketones is 1. The molecule has 0 saturated heterocycles. The van der Waals surface area contributed by atoms with Crippen molar-refractivity contribution in [1.29, 1.82) is 0 Å². The Hall–Kier alpha value is -3.21. The van der Waals surface area contributed by atoms with Crippen molar-refractivity contribution in [2.45, 2.75) is 63.8 Å². The zero-order valence-electron chi connectivity index (χ0n) is 25.6. The van der Waals surface area contributed by atoms with Gasteiger partial charge in [-0.05, 0) is 98.8 Å². The fourth-order valence-electron chi connectivity index (χ4n) is 8.93. The van der Waals surface area contributed by atoms with E-state index in [9.17, 15) is 29.0 Å². The highest BCUT2D eigenvalue weighted by Crippen LogP contribution is 2.71. The molecule has 3 saturated carbocycles. The molecule has 0 spiro atoms. The summed E-state index contributed by atoms with van der Waals surface area (Å²) in [7, 11) is 0. The molecule has 244 valence electrons. The van der Waals surface area contributed by atoms with E-state index in [1.54, 1.807) is 26.8 Å². The van der Waals surface area contributed by atoms with Crippen LogP contribution in [-0.4, -0.2) is 50.5 Å². The number of aliphatic hydroxyl groups is 1. The van der Waals surface area contributed by atoms with Crippen molar-refractivity contribution in [2.75, 3.05) is 6.01 Å². The van der Waals surface area contributed by atoms with Gasteiger partial charge < -0.3 is 19.7 Å². The third-order valence-electron chi connectivity index (χ3n) is 11.2. The number of fused-ring (bicyclic) bond motifs is 5. The number of rotatable bonds is 6. The molecule has 46 heavy (non-hydrogen) atoms. The maximum atomic E-state index is 17.6. The Balaban J connectivity index is 1.33. The maximum absolute atomic E-state index is 17.6. The van der Waals surface area contributed by atoms with E-state index in [1.807, 2.05) is 0 Å². The third-order valence-corrected chi connectivity index (χ3v) is 12.1. The van der Waals surface area contributed by atoms with Crippen LogP contribution in [0.1, 0.15) is 56.8 Å². The molecule has 0 amide bonds. The standard InChI is InChI=1S/C35H35ClF2O7S/c1-19-14-26-25-10-6-21-15-22(39)12-13-32(21,2)34(25,38)29(41)17-33(26,3)35(19,31(43)46-18-37)45-30(42)20-4-7-23(8-5-20)44-24-9-11-28(40)27(36)16-24/h4-5,7-9,11-13,15-16,19,25-26,29,40-41H,6,10,14,17-18H2,1-3H3/t19-,25?,26?,29+,32+,33+,34?,35+/m1/s1. The van der Waals surface area contributed by atoms with Crippen molar-refractivity contribution >= 4 is 40.2 Å². The number of aromatic hydroxyl groups is 1. The molecule has 0 aliphatic heterocycles. The van der Waals surface area contributed by atoms with Crippen LogP contribution in [0.3, 0.4) is 0 Å². The lowest BCUT2D eigenvalue weighted by Crippen LogP contribution is -2.69. The molecule has 4 aliphatic rings. The van der Waals surface area contributed by atoms with E-state index in [1.165, 1.54) is 54.6 Å². The molecule has 4 aliphatic carbocycles. The Morgan fingerprint density at radius 1 is 1.11 bits per heavy atom. The normalized spacial score (nSPS) is 36.2. The summed E-state index contributed by atoms with van der Waals surface area (Å²) in [6.45, 7) is 5.22. The fraction of sp³-hybridized carbons (Fsp3) is 0.457. The number of thioether (sulfide) groups is 1. The first-order valence-corrected chi connectivity index (χ1v) is 16.6. The lowest BCUT2D eigenvalue weighted by molar-refractivity contribution is -0.216. The summed E-state index contributed by atoms with van der Waals surface area (Å²) in [4.78, 5) is 39.9. The first-order chi connectivity index (χ1) is 21.7. The molecule has 8 atom stereocenters. The van der Waals surface area contributed by atoms with Gasteiger partial charge in [0.05, 0.1) is 16.7 Å². The van der Waals surface area contributed by atoms with Crippen LogP contribution in [0.25, 0.3) is 0 Å². The van der Waals surface area contributed by atoms with Gasteiger partial charge in [-0.1, -0.05) is 37.1 Å². The highest BCUT2D eigenvalue weighted by molar-refractivity contribution is 8.13. The Kier molecular flexibility index (Phi) is 8.17. The molecule has 3 fully saturated rings. The molecule has 0 heterocycles. The number of benzene rings is 2. The van der Waals surface area contributed by atoms with Crippen molar-refractivity contribution in [3.63, 3.8) is 0 Å². The van der Waals surface area contributed by atoms with Crippen molar-refractivity contribution in [3.05, 3.63) is 76.9 Å². The number of allylic oxidation sites excluding steroid dienone is 4. The number of phenols is 1. The first-order valence-electron chi connectivity index (χ1n) is 15.3. The number of carbonyl (C=O) groups excluding carboxylic acids is 3. The van der Waals surface area contributed by atoms with Crippen LogP contribution in [0.15, 0.2) is 66.3 Å². The number of phenolic OH excluding ortho intramolecular Hbond substituents is 1. The number of esters is 1. The molecule has 11 heteroatoms. The van der Waals surface area contributed by atoms with Crippen LogP contribution >= 0.6 is 23.4 Å². The highest BCUT2D eigenvalue weighted by Gasteiger charge is 2.77. The van der Waals surface area contributed by atoms with Gasteiger partial charge in [-0.2, -0.15) is 0 Å². The second-order valence-electron chi connectivity index (χ2n) is 13.3. The molecule has 2 N–H and O–H groups in total. The van der Waals surface area contributed by atoms with E-state index in [0.717, 1.165) is 0 Å². The molecule has 0 bridgehead atoms. The molecule has 0 radical (unpaired) electrons. The average Bonchev–Trinajstić information content (AvgIpc) is 3.22. The maximum Gasteiger partial charge on any atom is 0.339 e. The van der Waals surface area contributed by atoms with E-state index in [0.29, 0.717) is 48.1 Å². The van der Waals surface area contributed by atoms with Gasteiger partial charge in [0.1, 0.15) is 23.3 Å². The van der Waals surface area contributed by atoms with Gasteiger partial charge in [-0.3, -0.25) is 9.59 Å². The summed E-state index contributed by atoms with van der Waals surface area (Å²) in [6.07, 6.45) is 3.71. The number of hydrogen-bond acceptors (Lipinski definition) is 8. The molecule has 0 aromatic heterocycles. The van der Waals surface area contributed by atoms with Crippen LogP contribution in [0.4, 0.5) is 8.78 Å². The minimum atomic E-state index is -2.13. The second kappa shape index (κ2) is 11.5. The van der Waals surface area contributed by atoms with E-state index in [2.05, 4.69) is 0 Å². The number of carbonyl (C=O) groups is 3. The second-order valence-corrected chi connectivity index (χ2v) is 14.6. The number of ether oxygens (including phenoxy) is 2. The average molecular weight is 673 g/mol. The predicted molar refractivity (Wildman–Crippen MR) is 169 cm³/mol. The Bertz CT molecular complexity index is 1660. The predicted octanol–water partition coefficient (Wildman–Crippen LogP) is 7.54. The zero-order valence-corrected chi connectivity index (χ0v) is 27.2. The van der Waals surface area contributed by atoms with Gasteiger partial charge >= 0.3 is 5.97 Å². The summed E-state index contributed by atoms with van der Waals surface area (Å²) >= 11 is 6.37. The zero-order chi connectivity index (χ0) is 33.2. The van der Waals surface area contributed by atoms with Gasteiger partial charge in [0.2, 0.25) is 5.12 Å². The smallest absolute Gasteiger partial charge is 0.339 e. The van der Waals surface area contributed by atoms with Crippen molar-refractivity contribution in [3.8, 4) is 17.2 Å². The van der Waals surface area contributed by atoms with Gasteiger partial charge in [0, 0.05) is 28.7 Å². The first kappa shape index (κ1) is 32.7. The molecule has 3 unspecified atom stereocenters. The Morgan fingerprint density at radius 2 is 1.80 bits per heavy atom. The summed E-state index contributed by atoms with van der Waals surface area (Å²) in [6, 6.07) is 9.31. The van der Waals surface area contributed by atoms with E-state index in [4.69, 9.17) is 21.1 Å². The molecule has 2 aromatic carbocycles. The fourth-order valence-corrected chi connectivity index (χ4v) is 9.89. The molecular formula is C35H35ClF2O7S. The van der Waals surface area contributed by atoms with Gasteiger partial charge in [0.25, 0.3) is 0 Å². The van der Waals surface area contributed by atoms with E-state index >= 15 is 4.39 Å². The third kappa shape index (κ3) is 4.65.